The predicted molar refractivity (Wildman–Crippen MR) is 66.4 cm³/mol. The minimum Gasteiger partial charge on any atom is -0.358 e. The molecule has 14 nitrogen and oxygen atoms in total. The van der Waals surface area contributed by atoms with Gasteiger partial charge in [0.25, 0.3) is 21.4 Å². The number of nitrogens with zero attached hydrogens (tertiary/aromatic N) is 6. The van der Waals surface area contributed by atoms with Crippen LogP contribution in [-0.4, -0.2) is 19.9 Å². The maximum atomic E-state index is 11.1. The van der Waals surface area contributed by atoms with Gasteiger partial charge < -0.3 is 20.2 Å². The van der Waals surface area contributed by atoms with Gasteiger partial charge in [-0.25, -0.2) is 20.2 Å². The van der Waals surface area contributed by atoms with Gasteiger partial charge in [-0.05, 0) is 22.0 Å². The normalized spacial score (nSPS) is 13.6. The second-order valence-electron chi connectivity index (χ2n) is 3.75. The Hall–Kier alpha value is -3.84. The molecular formula is C8H4N6O8. The molecule has 0 unspecified atom stereocenters. The molecule has 0 spiro atoms. The van der Waals surface area contributed by atoms with Crippen molar-refractivity contribution in [2.24, 2.45) is 0 Å². The van der Waals surface area contributed by atoms with E-state index < -0.39 is 42.9 Å². The second kappa shape index (κ2) is 4.93. The number of fused-ring (bicyclic) bond motifs is 1. The summed E-state index contributed by atoms with van der Waals surface area (Å²) in [5.41, 5.74) is -1.08. The summed E-state index contributed by atoms with van der Waals surface area (Å²) in [5.74, 6) is -3.27. The third kappa shape index (κ3) is 1.99. The standard InChI is InChI=1S/C8H4N6O8/c15-11(16)7-8(12(17)18)10(14(21)22)6-4-2-1-3-5(6)9(7)13(19)20/h1-4H. The number of hydrogen-bond acceptors (Lipinski definition) is 8. The molecule has 1 aliphatic rings. The molecule has 0 fully saturated rings. The lowest BCUT2D eigenvalue weighted by atomic mass is 10.2. The number of nitro groups is 4. The van der Waals surface area contributed by atoms with E-state index in [0.29, 0.717) is 0 Å². The van der Waals surface area contributed by atoms with Crippen molar-refractivity contribution in [1.82, 2.24) is 0 Å². The Morgan fingerprint density at radius 2 is 1.00 bits per heavy atom. The van der Waals surface area contributed by atoms with Crippen LogP contribution in [-0.2, 0) is 0 Å². The van der Waals surface area contributed by atoms with E-state index in [-0.39, 0.29) is 10.0 Å². The highest BCUT2D eigenvalue weighted by atomic mass is 16.7. The highest BCUT2D eigenvalue weighted by Crippen LogP contribution is 2.39. The first kappa shape index (κ1) is 14.6. The van der Waals surface area contributed by atoms with Gasteiger partial charge in [0.05, 0.1) is 10.0 Å². The smallest absolute Gasteiger partial charge is 0.358 e. The Balaban J connectivity index is 2.91. The zero-order valence-corrected chi connectivity index (χ0v) is 10.3. The molecule has 22 heavy (non-hydrogen) atoms. The van der Waals surface area contributed by atoms with Crippen molar-refractivity contribution < 1.29 is 19.9 Å². The molecule has 0 bridgehead atoms. The van der Waals surface area contributed by atoms with E-state index in [1.165, 1.54) is 12.1 Å². The number of hydrazine groups is 2. The molecule has 0 aromatic heterocycles. The van der Waals surface area contributed by atoms with E-state index in [0.717, 1.165) is 12.1 Å². The van der Waals surface area contributed by atoms with Crippen LogP contribution in [0.1, 0.15) is 0 Å². The van der Waals surface area contributed by atoms with Crippen LogP contribution in [0.15, 0.2) is 35.9 Å². The van der Waals surface area contributed by atoms with Crippen LogP contribution < -0.4 is 10.0 Å². The minimum absolute atomic E-state index is 0.173. The Kier molecular flexibility index (Phi) is 3.26. The maximum absolute atomic E-state index is 11.1. The summed E-state index contributed by atoms with van der Waals surface area (Å²) in [6.45, 7) is 0. The fourth-order valence-electron chi connectivity index (χ4n) is 1.89. The van der Waals surface area contributed by atoms with Crippen molar-refractivity contribution >= 4 is 11.4 Å². The average Bonchev–Trinajstić information content (AvgIpc) is 2.43. The summed E-state index contributed by atoms with van der Waals surface area (Å²) >= 11 is 0. The lowest BCUT2D eigenvalue weighted by Gasteiger charge is -2.17. The highest BCUT2D eigenvalue weighted by Gasteiger charge is 2.59. The Labute approximate surface area is 119 Å². The van der Waals surface area contributed by atoms with Gasteiger partial charge in [-0.15, -0.1) is 0 Å². The molecule has 0 atom stereocenters. The summed E-state index contributed by atoms with van der Waals surface area (Å²) < 4.78 is 0. The van der Waals surface area contributed by atoms with Gasteiger partial charge in [0.2, 0.25) is 0 Å². The molecule has 14 heteroatoms. The summed E-state index contributed by atoms with van der Waals surface area (Å²) in [7, 11) is 0. The molecule has 0 radical (unpaired) electrons. The second-order valence-corrected chi connectivity index (χ2v) is 3.75. The summed E-state index contributed by atoms with van der Waals surface area (Å²) in [6.07, 6.45) is 0. The van der Waals surface area contributed by atoms with Crippen molar-refractivity contribution in [3.05, 3.63) is 76.4 Å². The van der Waals surface area contributed by atoms with Gasteiger partial charge in [0.15, 0.2) is 0 Å². The molecule has 0 N–H and O–H groups in total. The topological polar surface area (TPSA) is 179 Å². The quantitative estimate of drug-likeness (QED) is 0.556. The van der Waals surface area contributed by atoms with Gasteiger partial charge in [0, 0.05) is 0 Å². The van der Waals surface area contributed by atoms with Crippen LogP contribution in [0.25, 0.3) is 0 Å². The number of hydrogen-bond donors (Lipinski definition) is 0. The Bertz CT molecular complexity index is 683. The zero-order chi connectivity index (χ0) is 16.6. The highest BCUT2D eigenvalue weighted by molar-refractivity contribution is 5.74. The van der Waals surface area contributed by atoms with E-state index >= 15 is 0 Å². The predicted octanol–water partition coefficient (Wildman–Crippen LogP) is 0.376. The number of benzene rings is 1. The van der Waals surface area contributed by atoms with Crippen LogP contribution in [0.5, 0.6) is 0 Å². The van der Waals surface area contributed by atoms with Crippen molar-refractivity contribution in [2.45, 2.75) is 0 Å². The van der Waals surface area contributed by atoms with Crippen LogP contribution in [0.4, 0.5) is 11.4 Å². The van der Waals surface area contributed by atoms with E-state index in [9.17, 15) is 40.5 Å². The van der Waals surface area contributed by atoms with Crippen LogP contribution in [0, 0.1) is 40.5 Å². The van der Waals surface area contributed by atoms with E-state index in [1.54, 1.807) is 0 Å². The molecule has 0 amide bonds. The molecule has 1 aromatic rings. The minimum atomic E-state index is -1.63. The molecule has 0 saturated heterocycles. The Morgan fingerprint density at radius 1 is 0.682 bits per heavy atom. The Morgan fingerprint density at radius 3 is 1.23 bits per heavy atom. The molecule has 2 rings (SSSR count). The number of anilines is 2. The van der Waals surface area contributed by atoms with E-state index in [1.807, 2.05) is 0 Å². The first-order valence-corrected chi connectivity index (χ1v) is 5.28. The van der Waals surface area contributed by atoms with Crippen LogP contribution in [0.2, 0.25) is 0 Å². The molecule has 0 saturated carbocycles. The molecule has 1 aromatic carbocycles. The molecular weight excluding hydrogens is 308 g/mol. The molecule has 1 aliphatic heterocycles. The van der Waals surface area contributed by atoms with Crippen molar-refractivity contribution in [3.63, 3.8) is 0 Å². The fraction of sp³-hybridized carbons (Fsp3) is 0. The lowest BCUT2D eigenvalue weighted by molar-refractivity contribution is -0.568. The van der Waals surface area contributed by atoms with E-state index in [2.05, 4.69) is 0 Å². The van der Waals surface area contributed by atoms with Gasteiger partial charge in [-0.2, -0.15) is 0 Å². The SMILES string of the molecule is O=[N+]([O-])C1=C([N+](=O)[O-])N([N+](=O)[O-])c2ccccc2N1[N+](=O)[O-]. The first-order valence-electron chi connectivity index (χ1n) is 5.28. The molecule has 114 valence electrons. The average molecular weight is 312 g/mol. The zero-order valence-electron chi connectivity index (χ0n) is 10.3. The van der Waals surface area contributed by atoms with Gasteiger partial charge in [-0.1, -0.05) is 12.1 Å². The largest absolute Gasteiger partial charge is 0.489 e. The molecule has 0 aliphatic carbocycles. The summed E-state index contributed by atoms with van der Waals surface area (Å²) in [5, 5.41) is 41.3. The first-order chi connectivity index (χ1) is 10.3. The van der Waals surface area contributed by atoms with Gasteiger partial charge in [-0.3, -0.25) is 0 Å². The van der Waals surface area contributed by atoms with Crippen LogP contribution in [0.3, 0.4) is 0 Å². The van der Waals surface area contributed by atoms with Crippen molar-refractivity contribution in [3.8, 4) is 0 Å². The lowest BCUT2D eigenvalue weighted by Crippen LogP contribution is -2.46. The number of rotatable bonds is 4. The third-order valence-electron chi connectivity index (χ3n) is 2.61. The third-order valence-corrected chi connectivity index (χ3v) is 2.61. The van der Waals surface area contributed by atoms with Gasteiger partial charge in [0.1, 0.15) is 0 Å². The summed E-state index contributed by atoms with van der Waals surface area (Å²) in [6, 6.07) is 4.47. The number of para-hydroxylation sites is 2. The van der Waals surface area contributed by atoms with Gasteiger partial charge >= 0.3 is 11.6 Å². The molecule has 1 heterocycles. The van der Waals surface area contributed by atoms with Crippen molar-refractivity contribution in [2.75, 3.05) is 10.0 Å². The summed E-state index contributed by atoms with van der Waals surface area (Å²) in [4.78, 5) is 41.3. The van der Waals surface area contributed by atoms with E-state index in [4.69, 9.17) is 0 Å². The van der Waals surface area contributed by atoms with Crippen molar-refractivity contribution in [1.29, 1.82) is 0 Å². The fourth-order valence-corrected chi connectivity index (χ4v) is 1.89. The monoisotopic (exact) mass is 312 g/mol. The van der Waals surface area contributed by atoms with Crippen LogP contribution >= 0.6 is 0 Å². The maximum Gasteiger partial charge on any atom is 0.489 e.